The molecule has 2 aliphatic rings. The molecule has 0 saturated heterocycles. The van der Waals surface area contributed by atoms with Crippen LogP contribution in [0.4, 0.5) is 0 Å². The van der Waals surface area contributed by atoms with Crippen molar-refractivity contribution in [2.75, 3.05) is 27.9 Å². The maximum atomic E-state index is 9.13. The molecular weight excluding hydrogens is 292 g/mol. The van der Waals surface area contributed by atoms with Crippen LogP contribution in [-0.2, 0) is 13.0 Å². The average Bonchev–Trinajstić information content (AvgIpc) is 3.08. The summed E-state index contributed by atoms with van der Waals surface area (Å²) in [6, 6.07) is 5.00. The van der Waals surface area contributed by atoms with Gasteiger partial charge in [-0.15, -0.1) is 0 Å². The normalized spacial score (nSPS) is 23.9. The van der Waals surface area contributed by atoms with Crippen molar-refractivity contribution in [3.8, 4) is 23.3 Å². The van der Waals surface area contributed by atoms with Gasteiger partial charge in [0.2, 0.25) is 5.75 Å². The Kier molecular flexibility index (Phi) is 4.63. The lowest BCUT2D eigenvalue weighted by atomic mass is 9.96. The number of ether oxygens (including phenoxy) is 3. The van der Waals surface area contributed by atoms with E-state index in [0.29, 0.717) is 11.8 Å². The lowest BCUT2D eigenvalue weighted by Crippen LogP contribution is -2.38. The number of fused-ring (bicyclic) bond motifs is 1. The van der Waals surface area contributed by atoms with Gasteiger partial charge in [0.1, 0.15) is 0 Å². The molecular formula is C18H24N2O3. The molecule has 1 aliphatic carbocycles. The van der Waals surface area contributed by atoms with E-state index in [4.69, 9.17) is 19.5 Å². The smallest absolute Gasteiger partial charge is 0.203 e. The van der Waals surface area contributed by atoms with Gasteiger partial charge in [0.25, 0.3) is 0 Å². The third-order valence-corrected chi connectivity index (χ3v) is 5.16. The number of nitrogens with zero attached hydrogens (tertiary/aromatic N) is 2. The third kappa shape index (κ3) is 2.84. The molecule has 2 unspecified atom stereocenters. The summed E-state index contributed by atoms with van der Waals surface area (Å²) in [4.78, 5) is 2.49. The topological polar surface area (TPSA) is 54.7 Å². The SMILES string of the molecule is COc1cc2c(c(OC)c1OC)CN(C1CCC(C#N)C1)CC2. The molecule has 1 aliphatic heterocycles. The molecule has 1 aromatic carbocycles. The average molecular weight is 316 g/mol. The van der Waals surface area contributed by atoms with Gasteiger partial charge < -0.3 is 14.2 Å². The van der Waals surface area contributed by atoms with Gasteiger partial charge in [-0.2, -0.15) is 5.26 Å². The van der Waals surface area contributed by atoms with Gasteiger partial charge in [0.15, 0.2) is 11.5 Å². The minimum Gasteiger partial charge on any atom is -0.493 e. The Morgan fingerprint density at radius 2 is 1.91 bits per heavy atom. The molecule has 23 heavy (non-hydrogen) atoms. The highest BCUT2D eigenvalue weighted by Crippen LogP contribution is 2.44. The molecule has 2 atom stereocenters. The summed E-state index contributed by atoms with van der Waals surface area (Å²) in [5.74, 6) is 2.38. The molecule has 0 spiro atoms. The molecule has 1 saturated carbocycles. The van der Waals surface area contributed by atoms with E-state index in [-0.39, 0.29) is 5.92 Å². The predicted octanol–water partition coefficient (Wildman–Crippen LogP) is 2.76. The summed E-state index contributed by atoms with van der Waals surface area (Å²) in [7, 11) is 4.97. The monoisotopic (exact) mass is 316 g/mol. The first kappa shape index (κ1) is 15.9. The Hall–Kier alpha value is -1.93. The van der Waals surface area contributed by atoms with E-state index in [1.165, 1.54) is 11.1 Å². The maximum Gasteiger partial charge on any atom is 0.203 e. The van der Waals surface area contributed by atoms with Crippen LogP contribution in [0.2, 0.25) is 0 Å². The molecule has 1 heterocycles. The van der Waals surface area contributed by atoms with Crippen LogP contribution in [-0.4, -0.2) is 38.8 Å². The Morgan fingerprint density at radius 1 is 1.13 bits per heavy atom. The van der Waals surface area contributed by atoms with Gasteiger partial charge in [0, 0.05) is 30.6 Å². The zero-order chi connectivity index (χ0) is 16.4. The molecule has 5 nitrogen and oxygen atoms in total. The van der Waals surface area contributed by atoms with Crippen LogP contribution in [0, 0.1) is 17.2 Å². The molecule has 0 radical (unpaired) electrons. The van der Waals surface area contributed by atoms with Crippen molar-refractivity contribution in [1.82, 2.24) is 4.90 Å². The molecule has 5 heteroatoms. The number of methoxy groups -OCH3 is 3. The van der Waals surface area contributed by atoms with Crippen molar-refractivity contribution >= 4 is 0 Å². The molecule has 1 aromatic rings. The van der Waals surface area contributed by atoms with E-state index >= 15 is 0 Å². The minimum absolute atomic E-state index is 0.216. The van der Waals surface area contributed by atoms with Crippen LogP contribution in [0.1, 0.15) is 30.4 Å². The van der Waals surface area contributed by atoms with E-state index in [0.717, 1.165) is 50.3 Å². The molecule has 0 aromatic heterocycles. The Morgan fingerprint density at radius 3 is 2.52 bits per heavy atom. The summed E-state index contributed by atoms with van der Waals surface area (Å²) < 4.78 is 16.6. The highest BCUT2D eigenvalue weighted by Gasteiger charge is 2.33. The number of hydrogen-bond donors (Lipinski definition) is 0. The van der Waals surface area contributed by atoms with Gasteiger partial charge in [-0.1, -0.05) is 0 Å². The predicted molar refractivity (Wildman–Crippen MR) is 87.0 cm³/mol. The standard InChI is InChI=1S/C18H24N2O3/c1-21-16-9-13-6-7-20(14-5-4-12(8-14)10-19)11-15(13)17(22-2)18(16)23-3/h9,12,14H,4-8,11H2,1-3H3. The number of hydrogen-bond acceptors (Lipinski definition) is 5. The lowest BCUT2D eigenvalue weighted by Gasteiger charge is -2.35. The first-order valence-electron chi connectivity index (χ1n) is 8.16. The van der Waals surface area contributed by atoms with Gasteiger partial charge in [-0.3, -0.25) is 4.90 Å². The number of nitriles is 1. The van der Waals surface area contributed by atoms with Crippen molar-refractivity contribution in [1.29, 1.82) is 5.26 Å². The number of rotatable bonds is 4. The van der Waals surface area contributed by atoms with Crippen LogP contribution in [0.5, 0.6) is 17.2 Å². The summed E-state index contributed by atoms with van der Waals surface area (Å²) in [6.45, 7) is 1.87. The molecule has 0 N–H and O–H groups in total. The van der Waals surface area contributed by atoms with Gasteiger partial charge in [0.05, 0.1) is 27.4 Å². The van der Waals surface area contributed by atoms with E-state index < -0.39 is 0 Å². The summed E-state index contributed by atoms with van der Waals surface area (Å²) in [5, 5.41) is 9.13. The largest absolute Gasteiger partial charge is 0.493 e. The first-order valence-corrected chi connectivity index (χ1v) is 8.16. The second-order valence-electron chi connectivity index (χ2n) is 6.30. The Labute approximate surface area is 137 Å². The van der Waals surface area contributed by atoms with Gasteiger partial charge >= 0.3 is 0 Å². The minimum atomic E-state index is 0.216. The Balaban J connectivity index is 1.89. The van der Waals surface area contributed by atoms with Crippen LogP contribution in [0.3, 0.4) is 0 Å². The quantitative estimate of drug-likeness (QED) is 0.855. The summed E-state index contributed by atoms with van der Waals surface area (Å²) in [5.41, 5.74) is 2.46. The first-order chi connectivity index (χ1) is 11.2. The molecule has 1 fully saturated rings. The zero-order valence-corrected chi connectivity index (χ0v) is 14.1. The van der Waals surface area contributed by atoms with Crippen molar-refractivity contribution in [3.63, 3.8) is 0 Å². The van der Waals surface area contributed by atoms with Crippen molar-refractivity contribution in [3.05, 3.63) is 17.2 Å². The van der Waals surface area contributed by atoms with Crippen LogP contribution >= 0.6 is 0 Å². The summed E-state index contributed by atoms with van der Waals surface area (Å²) in [6.07, 6.45) is 4.10. The van der Waals surface area contributed by atoms with Crippen molar-refractivity contribution in [2.45, 2.75) is 38.3 Å². The van der Waals surface area contributed by atoms with Crippen LogP contribution < -0.4 is 14.2 Å². The second kappa shape index (κ2) is 6.67. The molecule has 0 bridgehead atoms. The molecule has 124 valence electrons. The van der Waals surface area contributed by atoms with Crippen molar-refractivity contribution in [2.24, 2.45) is 5.92 Å². The molecule has 3 rings (SSSR count). The lowest BCUT2D eigenvalue weighted by molar-refractivity contribution is 0.175. The highest BCUT2D eigenvalue weighted by atomic mass is 16.5. The number of benzene rings is 1. The third-order valence-electron chi connectivity index (χ3n) is 5.16. The highest BCUT2D eigenvalue weighted by molar-refractivity contribution is 5.59. The van der Waals surface area contributed by atoms with Crippen LogP contribution in [0.25, 0.3) is 0 Å². The second-order valence-corrected chi connectivity index (χ2v) is 6.30. The van der Waals surface area contributed by atoms with E-state index in [9.17, 15) is 0 Å². The van der Waals surface area contributed by atoms with Gasteiger partial charge in [-0.05, 0) is 37.3 Å². The zero-order valence-electron chi connectivity index (χ0n) is 14.1. The van der Waals surface area contributed by atoms with E-state index in [1.807, 2.05) is 0 Å². The fraction of sp³-hybridized carbons (Fsp3) is 0.611. The van der Waals surface area contributed by atoms with Gasteiger partial charge in [-0.25, -0.2) is 0 Å². The van der Waals surface area contributed by atoms with Crippen molar-refractivity contribution < 1.29 is 14.2 Å². The fourth-order valence-corrected chi connectivity index (χ4v) is 3.93. The van der Waals surface area contributed by atoms with Crippen LogP contribution in [0.15, 0.2) is 6.07 Å². The summed E-state index contributed by atoms with van der Waals surface area (Å²) >= 11 is 0. The Bertz CT molecular complexity index is 624. The van der Waals surface area contributed by atoms with E-state index in [1.54, 1.807) is 21.3 Å². The van der Waals surface area contributed by atoms with E-state index in [2.05, 4.69) is 17.0 Å². The fourth-order valence-electron chi connectivity index (χ4n) is 3.93. The maximum absolute atomic E-state index is 9.13. The molecule has 0 amide bonds.